The van der Waals surface area contributed by atoms with Gasteiger partial charge in [0.05, 0.1) is 26.0 Å². The van der Waals surface area contributed by atoms with Gasteiger partial charge in [0.25, 0.3) is 5.91 Å². The zero-order chi connectivity index (χ0) is 29.5. The predicted octanol–water partition coefficient (Wildman–Crippen LogP) is 4.71. The Morgan fingerprint density at radius 3 is 2.10 bits per heavy atom. The van der Waals surface area contributed by atoms with Gasteiger partial charge in [-0.05, 0) is 55.0 Å². The largest absolute Gasteiger partial charge is 0.493 e. The summed E-state index contributed by atoms with van der Waals surface area (Å²) in [6.07, 6.45) is 0. The first-order chi connectivity index (χ1) is 20.5. The topological polar surface area (TPSA) is 88.1 Å². The fourth-order valence-electron chi connectivity index (χ4n) is 5.12. The van der Waals surface area contributed by atoms with Crippen molar-refractivity contribution < 1.29 is 19.1 Å². The Bertz CT molecular complexity index is 1490. The molecule has 0 bridgehead atoms. The Morgan fingerprint density at radius 2 is 1.48 bits per heavy atom. The number of nitrogens with zero attached hydrogens (tertiary/aromatic N) is 5. The van der Waals surface area contributed by atoms with Gasteiger partial charge in [-0.25, -0.2) is 0 Å². The zero-order valence-electron chi connectivity index (χ0n) is 24.1. The summed E-state index contributed by atoms with van der Waals surface area (Å²) < 4.78 is 10.7. The van der Waals surface area contributed by atoms with E-state index < -0.39 is 0 Å². The number of carbonyl (C=O) groups excluding carboxylic acids is 2. The van der Waals surface area contributed by atoms with E-state index in [1.54, 1.807) is 31.3 Å². The minimum atomic E-state index is -0.261. The molecule has 0 spiro atoms. The molecule has 216 valence electrons. The third kappa shape index (κ3) is 6.35. The number of anilines is 1. The molecule has 9 nitrogen and oxygen atoms in total. The highest BCUT2D eigenvalue weighted by molar-refractivity contribution is 5.96. The van der Waals surface area contributed by atoms with E-state index in [2.05, 4.69) is 15.1 Å². The second-order valence-electron chi connectivity index (χ2n) is 10.1. The van der Waals surface area contributed by atoms with E-state index in [-0.39, 0.29) is 24.4 Å². The Labute approximate surface area is 246 Å². The van der Waals surface area contributed by atoms with Crippen LogP contribution >= 0.6 is 0 Å². The minimum Gasteiger partial charge on any atom is -0.493 e. The first-order valence-electron chi connectivity index (χ1n) is 14.0. The van der Waals surface area contributed by atoms with E-state index in [0.29, 0.717) is 43.2 Å². The number of aromatic nitrogens is 2. The van der Waals surface area contributed by atoms with E-state index in [4.69, 9.17) is 9.47 Å². The Hall–Kier alpha value is -4.92. The average Bonchev–Trinajstić information content (AvgIpc) is 3.07. The first-order valence-corrected chi connectivity index (χ1v) is 14.0. The summed E-state index contributed by atoms with van der Waals surface area (Å²) >= 11 is 0. The molecular formula is C33H35N5O4. The van der Waals surface area contributed by atoms with E-state index in [1.807, 2.05) is 90.7 Å². The zero-order valence-corrected chi connectivity index (χ0v) is 24.1. The molecule has 42 heavy (non-hydrogen) atoms. The summed E-state index contributed by atoms with van der Waals surface area (Å²) in [5.41, 5.74) is 3.15. The molecule has 0 radical (unpaired) electrons. The van der Waals surface area contributed by atoms with Crippen LogP contribution in [0.4, 0.5) is 5.82 Å². The molecule has 1 saturated heterocycles. The van der Waals surface area contributed by atoms with Crippen molar-refractivity contribution in [2.75, 3.05) is 51.8 Å². The summed E-state index contributed by atoms with van der Waals surface area (Å²) in [7, 11) is 3.20. The van der Waals surface area contributed by atoms with Crippen LogP contribution in [0.15, 0.2) is 91.0 Å². The van der Waals surface area contributed by atoms with Crippen LogP contribution in [0.5, 0.6) is 11.5 Å². The lowest BCUT2D eigenvalue weighted by molar-refractivity contribution is -0.132. The highest BCUT2D eigenvalue weighted by Gasteiger charge is 2.29. The van der Waals surface area contributed by atoms with E-state index in [1.165, 1.54) is 0 Å². The van der Waals surface area contributed by atoms with Gasteiger partial charge >= 0.3 is 0 Å². The van der Waals surface area contributed by atoms with E-state index in [0.717, 1.165) is 22.6 Å². The molecule has 1 fully saturated rings. The third-order valence-electron chi connectivity index (χ3n) is 7.62. The van der Waals surface area contributed by atoms with Crippen LogP contribution in [0, 0.1) is 0 Å². The smallest absolute Gasteiger partial charge is 0.254 e. The van der Waals surface area contributed by atoms with Crippen LogP contribution < -0.4 is 14.4 Å². The lowest BCUT2D eigenvalue weighted by atomic mass is 10.1. The van der Waals surface area contributed by atoms with Gasteiger partial charge in [-0.2, -0.15) is 0 Å². The SMILES string of the molecule is COc1ccc(-c2ccc(N3CCN(C(=O)CN(C(=O)c4ccccc4)C(C)c4ccccc4)CC3)nn2)cc1OC. The molecule has 1 aliphatic rings. The van der Waals surface area contributed by atoms with Crippen molar-refractivity contribution in [2.24, 2.45) is 0 Å². The molecule has 1 unspecified atom stereocenters. The summed E-state index contributed by atoms with van der Waals surface area (Å²) in [4.78, 5) is 32.6. The molecule has 0 aliphatic carbocycles. The lowest BCUT2D eigenvalue weighted by Crippen LogP contribution is -2.52. The minimum absolute atomic E-state index is 0.00359. The second-order valence-corrected chi connectivity index (χ2v) is 10.1. The van der Waals surface area contributed by atoms with Gasteiger partial charge in [-0.3, -0.25) is 9.59 Å². The third-order valence-corrected chi connectivity index (χ3v) is 7.62. The van der Waals surface area contributed by atoms with Crippen molar-refractivity contribution in [2.45, 2.75) is 13.0 Å². The molecular weight excluding hydrogens is 530 g/mol. The van der Waals surface area contributed by atoms with Crippen LogP contribution in [0.25, 0.3) is 11.3 Å². The standard InChI is InChI=1S/C33H35N5O4/c1-24(25-10-6-4-7-11-25)38(33(40)26-12-8-5-9-13-26)23-32(39)37-20-18-36(19-21-37)31-17-15-28(34-35-31)27-14-16-29(41-2)30(22-27)42-3/h4-17,22,24H,18-21,23H2,1-3H3. The first kappa shape index (κ1) is 28.6. The highest BCUT2D eigenvalue weighted by Crippen LogP contribution is 2.31. The second kappa shape index (κ2) is 13.2. The van der Waals surface area contributed by atoms with Crippen molar-refractivity contribution in [3.63, 3.8) is 0 Å². The van der Waals surface area contributed by atoms with Crippen molar-refractivity contribution in [1.29, 1.82) is 0 Å². The number of rotatable bonds is 9. The molecule has 5 rings (SSSR count). The number of methoxy groups -OCH3 is 2. The monoisotopic (exact) mass is 565 g/mol. The van der Waals surface area contributed by atoms with E-state index in [9.17, 15) is 9.59 Å². The van der Waals surface area contributed by atoms with Gasteiger partial charge in [0.1, 0.15) is 6.54 Å². The molecule has 0 saturated carbocycles. The number of piperazine rings is 1. The number of amides is 2. The maximum Gasteiger partial charge on any atom is 0.254 e. The molecule has 2 heterocycles. The van der Waals surface area contributed by atoms with Gasteiger partial charge < -0.3 is 24.2 Å². The van der Waals surface area contributed by atoms with Crippen molar-refractivity contribution in [3.8, 4) is 22.8 Å². The van der Waals surface area contributed by atoms with E-state index >= 15 is 0 Å². The summed E-state index contributed by atoms with van der Waals surface area (Å²) in [5, 5.41) is 8.89. The molecule has 0 N–H and O–H groups in total. The maximum absolute atomic E-state index is 13.5. The van der Waals surface area contributed by atoms with Crippen LogP contribution in [-0.4, -0.2) is 78.8 Å². The average molecular weight is 566 g/mol. The number of ether oxygens (including phenoxy) is 2. The summed E-state index contributed by atoms with van der Waals surface area (Å²) in [5.74, 6) is 1.80. The Kier molecular flexibility index (Phi) is 8.96. The molecule has 4 aromatic rings. The molecule has 1 aliphatic heterocycles. The van der Waals surface area contributed by atoms with Crippen molar-refractivity contribution in [1.82, 2.24) is 20.0 Å². The van der Waals surface area contributed by atoms with Crippen LogP contribution in [0.3, 0.4) is 0 Å². The highest BCUT2D eigenvalue weighted by atomic mass is 16.5. The molecule has 9 heteroatoms. The van der Waals surface area contributed by atoms with Crippen molar-refractivity contribution >= 4 is 17.6 Å². The molecule has 1 aromatic heterocycles. The quantitative estimate of drug-likeness (QED) is 0.290. The van der Waals surface area contributed by atoms with Gasteiger partial charge in [-0.1, -0.05) is 48.5 Å². The maximum atomic E-state index is 13.5. The van der Waals surface area contributed by atoms with Gasteiger partial charge in [-0.15, -0.1) is 10.2 Å². The van der Waals surface area contributed by atoms with Crippen LogP contribution in [0.1, 0.15) is 28.9 Å². The number of carbonyl (C=O) groups is 2. The summed E-state index contributed by atoms with van der Waals surface area (Å²) in [6, 6.07) is 28.2. The van der Waals surface area contributed by atoms with Crippen LogP contribution in [0.2, 0.25) is 0 Å². The number of hydrogen-bond donors (Lipinski definition) is 0. The lowest BCUT2D eigenvalue weighted by Gasteiger charge is -2.37. The Balaban J connectivity index is 1.23. The fourth-order valence-corrected chi connectivity index (χ4v) is 5.12. The molecule has 1 atom stereocenters. The van der Waals surface area contributed by atoms with Gasteiger partial charge in [0, 0.05) is 37.3 Å². The number of hydrogen-bond acceptors (Lipinski definition) is 7. The Morgan fingerprint density at radius 1 is 0.810 bits per heavy atom. The van der Waals surface area contributed by atoms with Gasteiger partial charge in [0.15, 0.2) is 17.3 Å². The molecule has 2 amide bonds. The normalized spacial score (nSPS) is 13.8. The fraction of sp³-hybridized carbons (Fsp3) is 0.273. The van der Waals surface area contributed by atoms with Crippen LogP contribution in [-0.2, 0) is 4.79 Å². The number of benzene rings is 3. The predicted molar refractivity (Wildman–Crippen MR) is 162 cm³/mol. The molecule has 3 aromatic carbocycles. The van der Waals surface area contributed by atoms with Crippen molar-refractivity contribution in [3.05, 3.63) is 102 Å². The van der Waals surface area contributed by atoms with Gasteiger partial charge in [0.2, 0.25) is 5.91 Å². The summed E-state index contributed by atoms with van der Waals surface area (Å²) in [6.45, 7) is 4.28.